The molecule has 1 aromatic carbocycles. The molecular weight excluding hydrogens is 306 g/mol. The van der Waals surface area contributed by atoms with Crippen molar-refractivity contribution in [3.63, 3.8) is 0 Å². The maximum absolute atomic E-state index is 12.1. The molecule has 0 spiro atoms. The van der Waals surface area contributed by atoms with Gasteiger partial charge in [0.15, 0.2) is 5.82 Å². The van der Waals surface area contributed by atoms with E-state index in [4.69, 9.17) is 4.52 Å². The number of nitrogens with one attached hydrogen (secondary N) is 2. The molecule has 1 aliphatic heterocycles. The number of likely N-dealkylation sites (N-methyl/N-ethyl adjacent to an activating group) is 1. The highest BCUT2D eigenvalue weighted by atomic mass is 16.5. The van der Waals surface area contributed by atoms with Crippen LogP contribution in [0.5, 0.6) is 0 Å². The van der Waals surface area contributed by atoms with Crippen LogP contribution in [0.3, 0.4) is 0 Å². The molecule has 1 fully saturated rings. The molecule has 1 amide bonds. The molecule has 2 aromatic rings. The highest BCUT2D eigenvalue weighted by Crippen LogP contribution is 2.15. The first-order chi connectivity index (χ1) is 11.7. The summed E-state index contributed by atoms with van der Waals surface area (Å²) in [7, 11) is 2.00. The van der Waals surface area contributed by atoms with Crippen molar-refractivity contribution in [3.05, 3.63) is 36.2 Å². The number of carbonyl (C=O) groups excluding carboxylic acids is 1. The van der Waals surface area contributed by atoms with Crippen molar-refractivity contribution in [1.82, 2.24) is 25.7 Å². The topological polar surface area (TPSA) is 83.3 Å². The maximum atomic E-state index is 12.1. The molecule has 7 nitrogen and oxygen atoms in total. The van der Waals surface area contributed by atoms with Gasteiger partial charge in [-0.25, -0.2) is 0 Å². The van der Waals surface area contributed by atoms with Gasteiger partial charge in [0.1, 0.15) is 0 Å². The molecule has 2 heterocycles. The van der Waals surface area contributed by atoms with Gasteiger partial charge < -0.3 is 15.2 Å². The van der Waals surface area contributed by atoms with Crippen LogP contribution in [0.4, 0.5) is 0 Å². The Morgan fingerprint density at radius 1 is 1.33 bits per heavy atom. The van der Waals surface area contributed by atoms with E-state index in [1.165, 1.54) is 0 Å². The minimum absolute atomic E-state index is 0.0258. The van der Waals surface area contributed by atoms with E-state index in [0.29, 0.717) is 24.3 Å². The quantitative estimate of drug-likeness (QED) is 0.824. The lowest BCUT2D eigenvalue weighted by molar-refractivity contribution is -0.122. The van der Waals surface area contributed by atoms with Gasteiger partial charge in [-0.05, 0) is 45.1 Å². The highest BCUT2D eigenvalue weighted by molar-refractivity contribution is 5.77. The third-order valence-electron chi connectivity index (χ3n) is 4.26. The first-order valence-corrected chi connectivity index (χ1v) is 8.28. The lowest BCUT2D eigenvalue weighted by Crippen LogP contribution is -2.45. The maximum Gasteiger partial charge on any atom is 0.257 e. The standard InChI is InChI=1S/C17H23N5O2/c1-22(14-7-9-18-10-8-14)12-16(23)19-11-15-20-17(24-21-15)13-5-3-2-4-6-13/h2-6,14,18H,7-12H2,1H3,(H,19,23). The number of benzene rings is 1. The molecule has 3 rings (SSSR count). The fraction of sp³-hybridized carbons (Fsp3) is 0.471. The zero-order valence-corrected chi connectivity index (χ0v) is 13.9. The minimum atomic E-state index is -0.0258. The Morgan fingerprint density at radius 3 is 2.83 bits per heavy atom. The van der Waals surface area contributed by atoms with E-state index >= 15 is 0 Å². The van der Waals surface area contributed by atoms with Crippen LogP contribution in [0.1, 0.15) is 18.7 Å². The molecule has 128 valence electrons. The SMILES string of the molecule is CN(CC(=O)NCc1noc(-c2ccccc2)n1)C1CCNCC1. The van der Waals surface area contributed by atoms with Crippen molar-refractivity contribution in [2.45, 2.75) is 25.4 Å². The Balaban J connectivity index is 1.47. The largest absolute Gasteiger partial charge is 0.348 e. The third kappa shape index (κ3) is 4.39. The lowest BCUT2D eigenvalue weighted by atomic mass is 10.1. The van der Waals surface area contributed by atoms with Crippen LogP contribution in [-0.2, 0) is 11.3 Å². The van der Waals surface area contributed by atoms with Gasteiger partial charge in [-0.1, -0.05) is 23.4 Å². The van der Waals surface area contributed by atoms with Gasteiger partial charge in [0.25, 0.3) is 5.89 Å². The number of amides is 1. The molecule has 7 heteroatoms. The van der Waals surface area contributed by atoms with Gasteiger partial charge in [0.05, 0.1) is 13.1 Å². The second kappa shape index (κ2) is 8.03. The second-order valence-corrected chi connectivity index (χ2v) is 6.05. The number of piperidine rings is 1. The third-order valence-corrected chi connectivity index (χ3v) is 4.26. The van der Waals surface area contributed by atoms with Crippen LogP contribution < -0.4 is 10.6 Å². The van der Waals surface area contributed by atoms with E-state index in [1.54, 1.807) is 0 Å². The second-order valence-electron chi connectivity index (χ2n) is 6.05. The van der Waals surface area contributed by atoms with Crippen molar-refractivity contribution >= 4 is 5.91 Å². The smallest absolute Gasteiger partial charge is 0.257 e. The van der Waals surface area contributed by atoms with Crippen molar-refractivity contribution in [1.29, 1.82) is 0 Å². The number of hydrogen-bond donors (Lipinski definition) is 2. The van der Waals surface area contributed by atoms with E-state index in [9.17, 15) is 4.79 Å². The molecular formula is C17H23N5O2. The first kappa shape index (κ1) is 16.6. The molecule has 24 heavy (non-hydrogen) atoms. The fourth-order valence-corrected chi connectivity index (χ4v) is 2.86. The Bertz CT molecular complexity index is 652. The molecule has 0 aliphatic carbocycles. The average Bonchev–Trinajstić information content (AvgIpc) is 3.10. The molecule has 1 aromatic heterocycles. The van der Waals surface area contributed by atoms with Crippen molar-refractivity contribution in [3.8, 4) is 11.5 Å². The normalized spacial score (nSPS) is 15.6. The van der Waals surface area contributed by atoms with E-state index in [0.717, 1.165) is 31.5 Å². The molecule has 0 unspecified atom stereocenters. The Kier molecular flexibility index (Phi) is 5.55. The number of rotatable bonds is 6. The number of aromatic nitrogens is 2. The molecule has 0 radical (unpaired) electrons. The van der Waals surface area contributed by atoms with Crippen molar-refractivity contribution in [2.75, 3.05) is 26.7 Å². The fourth-order valence-electron chi connectivity index (χ4n) is 2.86. The average molecular weight is 329 g/mol. The number of nitrogens with zero attached hydrogens (tertiary/aromatic N) is 3. The van der Waals surface area contributed by atoms with E-state index < -0.39 is 0 Å². The summed E-state index contributed by atoms with van der Waals surface area (Å²) in [5, 5.41) is 10.1. The summed E-state index contributed by atoms with van der Waals surface area (Å²) >= 11 is 0. The van der Waals surface area contributed by atoms with Crippen LogP contribution in [-0.4, -0.2) is 53.7 Å². The molecule has 1 saturated heterocycles. The molecule has 2 N–H and O–H groups in total. The van der Waals surface area contributed by atoms with Crippen LogP contribution in [0.25, 0.3) is 11.5 Å². The Labute approximate surface area is 141 Å². The van der Waals surface area contributed by atoms with Gasteiger partial charge in [-0.2, -0.15) is 4.98 Å². The summed E-state index contributed by atoms with van der Waals surface area (Å²) in [5.41, 5.74) is 0.869. The summed E-state index contributed by atoms with van der Waals surface area (Å²) in [4.78, 5) is 18.5. The molecule has 0 saturated carbocycles. The monoisotopic (exact) mass is 329 g/mol. The summed E-state index contributed by atoms with van der Waals surface area (Å²) in [5.74, 6) is 0.917. The lowest BCUT2D eigenvalue weighted by Gasteiger charge is -2.30. The van der Waals surface area contributed by atoms with E-state index in [1.807, 2.05) is 37.4 Å². The molecule has 0 atom stereocenters. The molecule has 1 aliphatic rings. The van der Waals surface area contributed by atoms with Gasteiger partial charge in [0.2, 0.25) is 5.91 Å². The summed E-state index contributed by atoms with van der Waals surface area (Å²) in [6.45, 7) is 2.69. The first-order valence-electron chi connectivity index (χ1n) is 8.28. The Hall–Kier alpha value is -2.25. The summed E-state index contributed by atoms with van der Waals surface area (Å²) < 4.78 is 5.23. The van der Waals surface area contributed by atoms with Crippen molar-refractivity contribution in [2.24, 2.45) is 0 Å². The molecule has 0 bridgehead atoms. The number of carbonyl (C=O) groups is 1. The van der Waals surface area contributed by atoms with Crippen LogP contribution >= 0.6 is 0 Å². The zero-order valence-electron chi connectivity index (χ0n) is 13.9. The van der Waals surface area contributed by atoms with Gasteiger partial charge in [-0.15, -0.1) is 0 Å². The van der Waals surface area contributed by atoms with Crippen LogP contribution in [0.15, 0.2) is 34.9 Å². The highest BCUT2D eigenvalue weighted by Gasteiger charge is 2.19. The zero-order chi connectivity index (χ0) is 16.8. The van der Waals surface area contributed by atoms with E-state index in [2.05, 4.69) is 25.7 Å². The van der Waals surface area contributed by atoms with Gasteiger partial charge >= 0.3 is 0 Å². The Morgan fingerprint density at radius 2 is 2.08 bits per heavy atom. The van der Waals surface area contributed by atoms with Crippen LogP contribution in [0, 0.1) is 0 Å². The number of hydrogen-bond acceptors (Lipinski definition) is 6. The minimum Gasteiger partial charge on any atom is -0.348 e. The van der Waals surface area contributed by atoms with Crippen molar-refractivity contribution < 1.29 is 9.32 Å². The predicted molar refractivity (Wildman–Crippen MR) is 90.1 cm³/mol. The predicted octanol–water partition coefficient (Wildman–Crippen LogP) is 1.04. The summed E-state index contributed by atoms with van der Waals surface area (Å²) in [6.07, 6.45) is 2.16. The van der Waals surface area contributed by atoms with Gasteiger partial charge in [-0.3, -0.25) is 9.69 Å². The van der Waals surface area contributed by atoms with Gasteiger partial charge in [0, 0.05) is 11.6 Å². The van der Waals surface area contributed by atoms with Crippen LogP contribution in [0.2, 0.25) is 0 Å². The summed E-state index contributed by atoms with van der Waals surface area (Å²) in [6, 6.07) is 10.0. The van der Waals surface area contributed by atoms with E-state index in [-0.39, 0.29) is 12.5 Å².